The van der Waals surface area contributed by atoms with Gasteiger partial charge >= 0.3 is 12.1 Å². The van der Waals surface area contributed by atoms with Crippen LogP contribution >= 0.6 is 11.6 Å². The number of hydrogen-bond donors (Lipinski definition) is 2. The van der Waals surface area contributed by atoms with Gasteiger partial charge in [0.1, 0.15) is 29.7 Å². The summed E-state index contributed by atoms with van der Waals surface area (Å²) in [5.41, 5.74) is 0.958. The number of halogens is 3. The minimum Gasteiger partial charge on any atom is -0.486 e. The fourth-order valence-electron chi connectivity index (χ4n) is 3.59. The Bertz CT molecular complexity index is 1270. The molecular weight excluding hydrogens is 474 g/mol. The van der Waals surface area contributed by atoms with Crippen molar-refractivity contribution < 1.29 is 37.8 Å². The average Bonchev–Trinajstić information content (AvgIpc) is 3.29. The maximum atomic E-state index is 14.1. The first-order valence-electron chi connectivity index (χ1n) is 9.98. The summed E-state index contributed by atoms with van der Waals surface area (Å²) in [5, 5.41) is 22.0. The Morgan fingerprint density at radius 3 is 2.53 bits per heavy atom. The molecule has 1 aliphatic rings. The first-order valence-corrected chi connectivity index (χ1v) is 10.4. The molecule has 34 heavy (non-hydrogen) atoms. The van der Waals surface area contributed by atoms with E-state index in [-0.39, 0.29) is 36.7 Å². The smallest absolute Gasteiger partial charge is 0.407 e. The number of nitrogens with zero attached hydrogens (tertiary/aromatic N) is 2. The third-order valence-electron chi connectivity index (χ3n) is 5.31. The molecule has 0 saturated carbocycles. The Kier molecular flexibility index (Phi) is 6.51. The maximum absolute atomic E-state index is 14.1. The molecule has 3 aromatic rings. The molecule has 0 bridgehead atoms. The molecule has 8 nitrogen and oxygen atoms in total. The van der Waals surface area contributed by atoms with Crippen LogP contribution in [-0.4, -0.2) is 45.4 Å². The van der Waals surface area contributed by atoms with E-state index in [1.54, 1.807) is 30.3 Å². The highest BCUT2D eigenvalue weighted by Crippen LogP contribution is 2.33. The molecular formula is C23H17ClF2N2O6. The fraction of sp³-hybridized carbons (Fsp3) is 0.174. The number of aliphatic carboxylic acids is 1. The largest absolute Gasteiger partial charge is 0.486 e. The Morgan fingerprint density at radius 2 is 1.85 bits per heavy atom. The van der Waals surface area contributed by atoms with Crippen LogP contribution in [0.1, 0.15) is 11.3 Å². The summed E-state index contributed by atoms with van der Waals surface area (Å²) in [4.78, 5) is 23.8. The monoisotopic (exact) mass is 490 g/mol. The molecule has 0 radical (unpaired) electrons. The zero-order valence-electron chi connectivity index (χ0n) is 17.4. The van der Waals surface area contributed by atoms with Gasteiger partial charge in [0.15, 0.2) is 5.76 Å². The lowest BCUT2D eigenvalue weighted by molar-refractivity contribution is -0.140. The van der Waals surface area contributed by atoms with Crippen LogP contribution in [0.3, 0.4) is 0 Å². The third-order valence-corrected chi connectivity index (χ3v) is 5.68. The molecule has 11 heteroatoms. The molecule has 0 saturated heterocycles. The number of aromatic nitrogens is 1. The number of amides is 1. The van der Waals surface area contributed by atoms with Crippen LogP contribution in [0, 0.1) is 17.6 Å². The van der Waals surface area contributed by atoms with Crippen molar-refractivity contribution in [1.82, 2.24) is 10.1 Å². The van der Waals surface area contributed by atoms with Crippen LogP contribution in [0.5, 0.6) is 5.75 Å². The number of carboxylic acid groups (broad SMARTS) is 2. The van der Waals surface area contributed by atoms with Crippen molar-refractivity contribution in [1.29, 1.82) is 0 Å². The van der Waals surface area contributed by atoms with E-state index in [0.29, 0.717) is 16.9 Å². The standard InChI is InChI=1S/C23H17ClF2N2O6/c24-21-18(26)6-5-17(25)20(21)19-9-14(34-27-19)11-33-13-3-1-12(2-4-13)15-7-8-28(23(31)32)10-16(15)22(29)30/h1-7,9,16H,8,10-11H2,(H,29,30)(H,31,32). The molecule has 0 spiro atoms. The molecule has 1 aromatic heterocycles. The highest BCUT2D eigenvalue weighted by atomic mass is 35.5. The van der Waals surface area contributed by atoms with Gasteiger partial charge in [0.25, 0.3) is 0 Å². The molecule has 4 rings (SSSR count). The van der Waals surface area contributed by atoms with E-state index in [1.807, 2.05) is 0 Å². The van der Waals surface area contributed by atoms with Gasteiger partial charge in [-0.15, -0.1) is 0 Å². The van der Waals surface area contributed by atoms with Crippen molar-refractivity contribution in [2.45, 2.75) is 6.61 Å². The van der Waals surface area contributed by atoms with Crippen molar-refractivity contribution in [2.75, 3.05) is 13.1 Å². The highest BCUT2D eigenvalue weighted by molar-refractivity contribution is 6.33. The number of carbonyl (C=O) groups is 2. The van der Waals surface area contributed by atoms with E-state index in [2.05, 4.69) is 5.16 Å². The Labute approximate surface area is 196 Å². The second-order valence-corrected chi connectivity index (χ2v) is 7.83. The molecule has 1 amide bonds. The number of hydrogen-bond acceptors (Lipinski definition) is 5. The lowest BCUT2D eigenvalue weighted by Gasteiger charge is -2.29. The zero-order chi connectivity index (χ0) is 24.4. The van der Waals surface area contributed by atoms with Crippen LogP contribution < -0.4 is 4.74 Å². The topological polar surface area (TPSA) is 113 Å². The van der Waals surface area contributed by atoms with Crippen molar-refractivity contribution in [3.63, 3.8) is 0 Å². The number of ether oxygens (including phenoxy) is 1. The predicted octanol–water partition coefficient (Wildman–Crippen LogP) is 4.93. The minimum absolute atomic E-state index is 0.0234. The molecule has 2 N–H and O–H groups in total. The van der Waals surface area contributed by atoms with Gasteiger partial charge in [-0.3, -0.25) is 4.79 Å². The Morgan fingerprint density at radius 1 is 1.15 bits per heavy atom. The van der Waals surface area contributed by atoms with Gasteiger partial charge < -0.3 is 24.4 Å². The van der Waals surface area contributed by atoms with E-state index in [1.165, 1.54) is 6.07 Å². The summed E-state index contributed by atoms with van der Waals surface area (Å²) in [5.74, 6) is -2.95. The molecule has 1 unspecified atom stereocenters. The van der Waals surface area contributed by atoms with E-state index >= 15 is 0 Å². The summed E-state index contributed by atoms with van der Waals surface area (Å²) < 4.78 is 38.5. The average molecular weight is 491 g/mol. The van der Waals surface area contributed by atoms with E-state index in [4.69, 9.17) is 26.0 Å². The summed E-state index contributed by atoms with van der Waals surface area (Å²) >= 11 is 5.85. The quantitative estimate of drug-likeness (QED) is 0.471. The molecule has 2 aromatic carbocycles. The summed E-state index contributed by atoms with van der Waals surface area (Å²) in [6.45, 7) is -0.107. The van der Waals surface area contributed by atoms with Gasteiger partial charge in [0.05, 0.1) is 16.5 Å². The van der Waals surface area contributed by atoms with Crippen LogP contribution in [-0.2, 0) is 11.4 Å². The second-order valence-electron chi connectivity index (χ2n) is 7.45. The molecule has 0 aliphatic carbocycles. The normalized spacial score (nSPS) is 15.7. The van der Waals surface area contributed by atoms with Crippen molar-refractivity contribution >= 4 is 29.2 Å². The lowest BCUT2D eigenvalue weighted by atomic mass is 9.89. The Balaban J connectivity index is 1.45. The number of benzene rings is 2. The molecule has 2 heterocycles. The van der Waals surface area contributed by atoms with Gasteiger partial charge in [-0.1, -0.05) is 35.0 Å². The zero-order valence-corrected chi connectivity index (χ0v) is 18.1. The minimum atomic E-state index is -1.18. The van der Waals surface area contributed by atoms with Gasteiger partial charge in [-0.2, -0.15) is 0 Å². The molecule has 176 valence electrons. The van der Waals surface area contributed by atoms with Gasteiger partial charge in [-0.25, -0.2) is 13.6 Å². The van der Waals surface area contributed by atoms with Crippen molar-refractivity contribution in [2.24, 2.45) is 5.92 Å². The summed E-state index contributed by atoms with van der Waals surface area (Å²) in [6.07, 6.45) is 0.405. The van der Waals surface area contributed by atoms with Gasteiger partial charge in [-0.05, 0) is 35.4 Å². The summed E-state index contributed by atoms with van der Waals surface area (Å²) in [7, 11) is 0. The number of carboxylic acids is 1. The molecule has 1 atom stereocenters. The second kappa shape index (κ2) is 9.52. The lowest BCUT2D eigenvalue weighted by Crippen LogP contribution is -2.40. The van der Waals surface area contributed by atoms with Crippen LogP contribution in [0.15, 0.2) is 53.1 Å². The van der Waals surface area contributed by atoms with E-state index < -0.39 is 34.6 Å². The predicted molar refractivity (Wildman–Crippen MR) is 116 cm³/mol. The van der Waals surface area contributed by atoms with Crippen LogP contribution in [0.4, 0.5) is 13.6 Å². The fourth-order valence-corrected chi connectivity index (χ4v) is 3.84. The SMILES string of the molecule is O=C(O)C1CN(C(=O)O)CC=C1c1ccc(OCc2cc(-c3c(F)ccc(F)c3Cl)no2)cc1. The van der Waals surface area contributed by atoms with Gasteiger partial charge in [0.2, 0.25) is 0 Å². The van der Waals surface area contributed by atoms with Crippen LogP contribution in [0.2, 0.25) is 5.02 Å². The molecule has 1 aliphatic heterocycles. The first kappa shape index (κ1) is 23.2. The highest BCUT2D eigenvalue weighted by Gasteiger charge is 2.31. The first-order chi connectivity index (χ1) is 16.2. The molecule has 0 fully saturated rings. The number of rotatable bonds is 6. The Hall–Kier alpha value is -3.92. The maximum Gasteiger partial charge on any atom is 0.407 e. The van der Waals surface area contributed by atoms with Crippen molar-refractivity contribution in [3.05, 3.63) is 76.5 Å². The van der Waals surface area contributed by atoms with Crippen molar-refractivity contribution in [3.8, 4) is 17.0 Å². The van der Waals surface area contributed by atoms with Crippen LogP contribution in [0.25, 0.3) is 16.8 Å². The van der Waals surface area contributed by atoms with E-state index in [0.717, 1.165) is 17.0 Å². The van der Waals surface area contributed by atoms with Gasteiger partial charge in [0, 0.05) is 19.2 Å². The summed E-state index contributed by atoms with van der Waals surface area (Å²) in [6, 6.07) is 9.83. The third kappa shape index (κ3) is 4.72. The van der Waals surface area contributed by atoms with E-state index in [9.17, 15) is 23.5 Å².